The van der Waals surface area contributed by atoms with Crippen molar-refractivity contribution < 1.29 is 13.3 Å². The van der Waals surface area contributed by atoms with Crippen molar-refractivity contribution in [1.82, 2.24) is 0 Å². The SMILES string of the molecule is c1ccc2c(c1)ccc1oc3cc4oc5cc(-c6c7ccccc7c(-c7ccc8c(c7)oc7ccccc78)c7ccccc67)ccc5c4cc3c12. The maximum atomic E-state index is 6.62. The van der Waals surface area contributed by atoms with E-state index in [1.807, 2.05) is 12.1 Å². The van der Waals surface area contributed by atoms with E-state index in [1.54, 1.807) is 0 Å². The molecule has 51 heavy (non-hydrogen) atoms. The van der Waals surface area contributed by atoms with Crippen LogP contribution in [0.4, 0.5) is 0 Å². The summed E-state index contributed by atoms with van der Waals surface area (Å²) < 4.78 is 19.3. The summed E-state index contributed by atoms with van der Waals surface area (Å²) in [7, 11) is 0. The molecule has 0 saturated heterocycles. The first-order chi connectivity index (χ1) is 25.3. The summed E-state index contributed by atoms with van der Waals surface area (Å²) in [5, 5.41) is 13.9. The first-order valence-corrected chi connectivity index (χ1v) is 17.3. The van der Waals surface area contributed by atoms with Gasteiger partial charge >= 0.3 is 0 Å². The Morgan fingerprint density at radius 2 is 0.725 bits per heavy atom. The van der Waals surface area contributed by atoms with Crippen LogP contribution < -0.4 is 0 Å². The average molecular weight is 651 g/mol. The molecule has 0 aliphatic rings. The second kappa shape index (κ2) is 9.87. The molecular weight excluding hydrogens is 625 g/mol. The number of hydrogen-bond acceptors (Lipinski definition) is 3. The zero-order valence-electron chi connectivity index (χ0n) is 27.2. The Balaban J connectivity index is 1.09. The molecule has 0 radical (unpaired) electrons. The van der Waals surface area contributed by atoms with E-state index >= 15 is 0 Å². The van der Waals surface area contributed by atoms with Gasteiger partial charge in [0.05, 0.1) is 0 Å². The Kier molecular flexibility index (Phi) is 5.23. The molecular formula is C48H26O3. The van der Waals surface area contributed by atoms with Crippen LogP contribution in [0.15, 0.2) is 171 Å². The molecule has 0 saturated carbocycles. The van der Waals surface area contributed by atoms with Crippen LogP contribution in [0.5, 0.6) is 0 Å². The largest absolute Gasteiger partial charge is 0.456 e. The zero-order valence-corrected chi connectivity index (χ0v) is 27.2. The molecule has 0 amide bonds. The number of benzene rings is 9. The number of furan rings is 3. The molecule has 236 valence electrons. The van der Waals surface area contributed by atoms with Gasteiger partial charge in [-0.25, -0.2) is 0 Å². The Labute approximate surface area is 290 Å². The van der Waals surface area contributed by atoms with Crippen LogP contribution in [-0.4, -0.2) is 0 Å². The normalized spacial score (nSPS) is 12.3. The monoisotopic (exact) mass is 650 g/mol. The van der Waals surface area contributed by atoms with Crippen LogP contribution in [0.3, 0.4) is 0 Å². The highest BCUT2D eigenvalue weighted by atomic mass is 16.3. The Bertz CT molecular complexity index is 3370. The average Bonchev–Trinajstić information content (AvgIpc) is 3.85. The number of fused-ring (bicyclic) bond motifs is 13. The van der Waals surface area contributed by atoms with Gasteiger partial charge in [0.1, 0.15) is 33.5 Å². The van der Waals surface area contributed by atoms with Gasteiger partial charge in [-0.2, -0.15) is 0 Å². The molecule has 0 bridgehead atoms. The van der Waals surface area contributed by atoms with Gasteiger partial charge in [0.25, 0.3) is 0 Å². The van der Waals surface area contributed by atoms with Crippen molar-refractivity contribution in [1.29, 1.82) is 0 Å². The fourth-order valence-corrected chi connectivity index (χ4v) is 8.60. The van der Waals surface area contributed by atoms with Gasteiger partial charge in [0.2, 0.25) is 0 Å². The van der Waals surface area contributed by atoms with Crippen molar-refractivity contribution in [3.05, 3.63) is 158 Å². The molecule has 0 spiro atoms. The van der Waals surface area contributed by atoms with Crippen molar-refractivity contribution in [3.63, 3.8) is 0 Å². The lowest BCUT2D eigenvalue weighted by atomic mass is 9.85. The Morgan fingerprint density at radius 1 is 0.255 bits per heavy atom. The lowest BCUT2D eigenvalue weighted by Crippen LogP contribution is -1.90. The summed E-state index contributed by atoms with van der Waals surface area (Å²) in [6.45, 7) is 0. The summed E-state index contributed by atoms with van der Waals surface area (Å²) in [6.07, 6.45) is 0. The molecule has 0 fully saturated rings. The van der Waals surface area contributed by atoms with Gasteiger partial charge in [-0.15, -0.1) is 0 Å². The highest BCUT2D eigenvalue weighted by molar-refractivity contribution is 6.24. The molecule has 9 aromatic carbocycles. The minimum absolute atomic E-state index is 0.823. The first kappa shape index (κ1) is 27.0. The molecule has 0 aliphatic carbocycles. The zero-order chi connectivity index (χ0) is 33.2. The smallest absolute Gasteiger partial charge is 0.139 e. The van der Waals surface area contributed by atoms with Crippen LogP contribution >= 0.6 is 0 Å². The van der Waals surface area contributed by atoms with E-state index < -0.39 is 0 Å². The van der Waals surface area contributed by atoms with E-state index in [9.17, 15) is 0 Å². The predicted molar refractivity (Wildman–Crippen MR) is 212 cm³/mol. The minimum Gasteiger partial charge on any atom is -0.456 e. The van der Waals surface area contributed by atoms with E-state index in [1.165, 1.54) is 43.4 Å². The van der Waals surface area contributed by atoms with E-state index in [0.717, 1.165) is 76.9 Å². The highest BCUT2D eigenvalue weighted by Gasteiger charge is 2.20. The molecule has 0 atom stereocenters. The quantitative estimate of drug-likeness (QED) is 0.175. The third-order valence-corrected chi connectivity index (χ3v) is 10.8. The lowest BCUT2D eigenvalue weighted by Gasteiger charge is -2.17. The summed E-state index contributed by atoms with van der Waals surface area (Å²) >= 11 is 0. The summed E-state index contributed by atoms with van der Waals surface area (Å²) in [6, 6.07) is 56.1. The summed E-state index contributed by atoms with van der Waals surface area (Å²) in [4.78, 5) is 0. The maximum absolute atomic E-state index is 6.62. The lowest BCUT2D eigenvalue weighted by molar-refractivity contribution is 0.656. The van der Waals surface area contributed by atoms with E-state index in [4.69, 9.17) is 13.3 Å². The predicted octanol–water partition coefficient (Wildman–Crippen LogP) is 14.2. The van der Waals surface area contributed by atoms with Gasteiger partial charge in [0, 0.05) is 38.4 Å². The first-order valence-electron chi connectivity index (χ1n) is 17.3. The Hall–Kier alpha value is -6.84. The van der Waals surface area contributed by atoms with Gasteiger partial charge in [-0.1, -0.05) is 109 Å². The highest BCUT2D eigenvalue weighted by Crippen LogP contribution is 2.46. The molecule has 12 rings (SSSR count). The van der Waals surface area contributed by atoms with Crippen LogP contribution in [0.25, 0.3) is 120 Å². The van der Waals surface area contributed by atoms with Gasteiger partial charge in [0.15, 0.2) is 0 Å². The molecule has 12 aromatic rings. The van der Waals surface area contributed by atoms with Crippen molar-refractivity contribution in [2.24, 2.45) is 0 Å². The van der Waals surface area contributed by atoms with Crippen molar-refractivity contribution in [2.45, 2.75) is 0 Å². The van der Waals surface area contributed by atoms with Gasteiger partial charge < -0.3 is 13.3 Å². The molecule has 3 heterocycles. The molecule has 0 N–H and O–H groups in total. The minimum atomic E-state index is 0.823. The van der Waals surface area contributed by atoms with Crippen molar-refractivity contribution in [2.75, 3.05) is 0 Å². The van der Waals surface area contributed by atoms with E-state index in [0.29, 0.717) is 0 Å². The fourth-order valence-electron chi connectivity index (χ4n) is 8.60. The fraction of sp³-hybridized carbons (Fsp3) is 0. The van der Waals surface area contributed by atoms with Crippen LogP contribution in [0.1, 0.15) is 0 Å². The van der Waals surface area contributed by atoms with Crippen LogP contribution in [0.2, 0.25) is 0 Å². The van der Waals surface area contributed by atoms with Gasteiger partial charge in [-0.05, 0) is 97.0 Å². The molecule has 0 unspecified atom stereocenters. The third-order valence-electron chi connectivity index (χ3n) is 10.8. The molecule has 3 nitrogen and oxygen atoms in total. The number of hydrogen-bond donors (Lipinski definition) is 0. The standard InChI is InChI=1S/C48H26O3/c1-2-10-30-27(9-1)19-22-41-48(30)39-25-38-33-21-18-29(24-43(33)51-44(38)26-45(39)50-41)47-36-14-5-3-12-34(36)46(35-13-4-6-15-37(35)47)28-17-20-32-31-11-7-8-16-40(31)49-42(32)23-28/h1-26H. The van der Waals surface area contributed by atoms with Crippen molar-refractivity contribution >= 4 is 98.1 Å². The molecule has 3 aromatic heterocycles. The Morgan fingerprint density at radius 3 is 1.39 bits per heavy atom. The van der Waals surface area contributed by atoms with Crippen molar-refractivity contribution in [3.8, 4) is 22.3 Å². The van der Waals surface area contributed by atoms with Crippen LogP contribution in [-0.2, 0) is 0 Å². The number of para-hydroxylation sites is 1. The summed E-state index contributed by atoms with van der Waals surface area (Å²) in [5.74, 6) is 0. The molecule has 0 aliphatic heterocycles. The second-order valence-corrected chi connectivity index (χ2v) is 13.6. The maximum Gasteiger partial charge on any atom is 0.139 e. The second-order valence-electron chi connectivity index (χ2n) is 13.6. The van der Waals surface area contributed by atoms with Crippen LogP contribution in [0, 0.1) is 0 Å². The van der Waals surface area contributed by atoms with E-state index in [2.05, 4.69) is 146 Å². The molecule has 3 heteroatoms. The number of rotatable bonds is 2. The third kappa shape index (κ3) is 3.72. The summed E-state index contributed by atoms with van der Waals surface area (Å²) in [5.41, 5.74) is 9.87. The van der Waals surface area contributed by atoms with Gasteiger partial charge in [-0.3, -0.25) is 0 Å². The topological polar surface area (TPSA) is 39.4 Å². The van der Waals surface area contributed by atoms with E-state index in [-0.39, 0.29) is 0 Å².